The summed E-state index contributed by atoms with van der Waals surface area (Å²) in [7, 11) is 1.31. The topological polar surface area (TPSA) is 77.5 Å². The first-order chi connectivity index (χ1) is 11.7. The van der Waals surface area contributed by atoms with Crippen molar-refractivity contribution in [2.45, 2.75) is 19.6 Å². The summed E-state index contributed by atoms with van der Waals surface area (Å²) in [5, 5.41) is 2.80. The molecule has 0 fully saturated rings. The zero-order valence-corrected chi connectivity index (χ0v) is 13.7. The van der Waals surface area contributed by atoms with Crippen molar-refractivity contribution in [2.24, 2.45) is 0 Å². The van der Waals surface area contributed by atoms with Crippen molar-refractivity contribution in [3.63, 3.8) is 0 Å². The van der Waals surface area contributed by atoms with Gasteiger partial charge >= 0.3 is 5.97 Å². The lowest BCUT2D eigenvalue weighted by molar-refractivity contribution is -0.133. The van der Waals surface area contributed by atoms with Gasteiger partial charge in [-0.1, -0.05) is 30.3 Å². The van der Waals surface area contributed by atoms with E-state index in [2.05, 4.69) is 15.0 Å². The molecule has 0 saturated carbocycles. The lowest BCUT2D eigenvalue weighted by Gasteiger charge is -2.17. The second-order valence-corrected chi connectivity index (χ2v) is 4.99. The monoisotopic (exact) mass is 328 g/mol. The van der Waals surface area contributed by atoms with Gasteiger partial charge in [-0.25, -0.2) is 4.79 Å². The molecule has 0 aliphatic heterocycles. The average Bonchev–Trinajstić information content (AvgIpc) is 2.64. The summed E-state index contributed by atoms with van der Waals surface area (Å²) in [5.41, 5.74) is 1.80. The highest BCUT2D eigenvalue weighted by atomic mass is 16.5. The number of carbonyl (C=O) groups is 2. The Morgan fingerprint density at radius 2 is 1.92 bits per heavy atom. The van der Waals surface area contributed by atoms with Crippen molar-refractivity contribution in [2.75, 3.05) is 13.7 Å². The van der Waals surface area contributed by atoms with Gasteiger partial charge in [0.15, 0.2) is 6.10 Å². The maximum Gasteiger partial charge on any atom is 0.339 e. The molecule has 24 heavy (non-hydrogen) atoms. The minimum atomic E-state index is -0.662. The minimum Gasteiger partial charge on any atom is -0.465 e. The predicted octanol–water partition coefficient (Wildman–Crippen LogP) is 2.26. The first-order valence-electron chi connectivity index (χ1n) is 7.63. The van der Waals surface area contributed by atoms with Crippen LogP contribution in [0.2, 0.25) is 0 Å². The Balaban J connectivity index is 1.99. The number of pyridine rings is 1. The van der Waals surface area contributed by atoms with E-state index >= 15 is 0 Å². The third-order valence-corrected chi connectivity index (χ3v) is 3.36. The lowest BCUT2D eigenvalue weighted by atomic mass is 10.1. The molecule has 1 aromatic carbocycles. The zero-order valence-electron chi connectivity index (χ0n) is 13.7. The Labute approximate surface area is 140 Å². The van der Waals surface area contributed by atoms with Crippen molar-refractivity contribution >= 4 is 11.9 Å². The Morgan fingerprint density at radius 3 is 2.50 bits per heavy atom. The number of amides is 1. The van der Waals surface area contributed by atoms with Gasteiger partial charge in [0.1, 0.15) is 0 Å². The van der Waals surface area contributed by atoms with Crippen molar-refractivity contribution in [3.05, 3.63) is 65.5 Å². The van der Waals surface area contributed by atoms with E-state index in [1.165, 1.54) is 13.3 Å². The van der Waals surface area contributed by atoms with Gasteiger partial charge in [0.2, 0.25) is 0 Å². The van der Waals surface area contributed by atoms with Crippen LogP contribution < -0.4 is 5.32 Å². The third-order valence-electron chi connectivity index (χ3n) is 3.36. The highest BCUT2D eigenvalue weighted by Crippen LogP contribution is 2.17. The molecule has 126 valence electrons. The standard InChI is InChI=1S/C18H20N2O4/c1-3-24-16(13-7-5-4-6-8-13)17(21)20-12-15-10-9-14(11-19-15)18(22)23-2/h4-11,16H,3,12H2,1-2H3,(H,20,21)/t16-/m1/s1. The number of nitrogens with zero attached hydrogens (tertiary/aromatic N) is 1. The van der Waals surface area contributed by atoms with Crippen LogP contribution >= 0.6 is 0 Å². The second kappa shape index (κ2) is 8.79. The normalized spacial score (nSPS) is 11.6. The summed E-state index contributed by atoms with van der Waals surface area (Å²) in [5.74, 6) is -0.680. The van der Waals surface area contributed by atoms with Crippen LogP contribution in [0.1, 0.15) is 34.6 Å². The smallest absolute Gasteiger partial charge is 0.339 e. The van der Waals surface area contributed by atoms with Crippen molar-refractivity contribution in [1.82, 2.24) is 10.3 Å². The summed E-state index contributed by atoms with van der Waals surface area (Å²) in [4.78, 5) is 27.9. The van der Waals surface area contributed by atoms with E-state index in [1.54, 1.807) is 12.1 Å². The Morgan fingerprint density at radius 1 is 1.17 bits per heavy atom. The predicted molar refractivity (Wildman–Crippen MR) is 88.2 cm³/mol. The molecule has 0 spiro atoms. The molecule has 1 N–H and O–H groups in total. The summed E-state index contributed by atoms with van der Waals surface area (Å²) >= 11 is 0. The zero-order chi connectivity index (χ0) is 17.4. The first-order valence-corrected chi connectivity index (χ1v) is 7.63. The highest BCUT2D eigenvalue weighted by molar-refractivity contribution is 5.88. The molecule has 2 aromatic rings. The molecule has 1 aromatic heterocycles. The summed E-state index contributed by atoms with van der Waals surface area (Å²) in [6.45, 7) is 2.52. The van der Waals surface area contributed by atoms with Gasteiger partial charge in [-0.2, -0.15) is 0 Å². The van der Waals surface area contributed by atoms with Crippen LogP contribution in [-0.4, -0.2) is 30.6 Å². The molecule has 0 radical (unpaired) electrons. The molecule has 6 nitrogen and oxygen atoms in total. The second-order valence-electron chi connectivity index (χ2n) is 4.99. The number of hydrogen-bond acceptors (Lipinski definition) is 5. The summed E-state index contributed by atoms with van der Waals surface area (Å²) in [6, 6.07) is 12.6. The Bertz CT molecular complexity index is 671. The molecule has 0 unspecified atom stereocenters. The first kappa shape index (κ1) is 17.6. The largest absolute Gasteiger partial charge is 0.465 e. The van der Waals surface area contributed by atoms with Gasteiger partial charge in [0, 0.05) is 12.8 Å². The SMILES string of the molecule is CCO[C@@H](C(=O)NCc1ccc(C(=O)OC)cn1)c1ccccc1. The van der Waals surface area contributed by atoms with Gasteiger partial charge in [-0.3, -0.25) is 9.78 Å². The van der Waals surface area contributed by atoms with Crippen LogP contribution in [0, 0.1) is 0 Å². The fraction of sp³-hybridized carbons (Fsp3) is 0.278. The number of benzene rings is 1. The Hall–Kier alpha value is -2.73. The fourth-order valence-electron chi connectivity index (χ4n) is 2.16. The van der Waals surface area contributed by atoms with E-state index in [1.807, 2.05) is 37.3 Å². The molecule has 2 rings (SSSR count). The van der Waals surface area contributed by atoms with E-state index in [0.29, 0.717) is 17.9 Å². The van der Waals surface area contributed by atoms with Crippen molar-refractivity contribution in [1.29, 1.82) is 0 Å². The van der Waals surface area contributed by atoms with Crippen molar-refractivity contribution in [3.8, 4) is 0 Å². The van der Waals surface area contributed by atoms with E-state index in [0.717, 1.165) is 5.56 Å². The molecular weight excluding hydrogens is 308 g/mol. The summed E-state index contributed by atoms with van der Waals surface area (Å²) in [6.07, 6.45) is 0.760. The van der Waals surface area contributed by atoms with Crippen LogP contribution in [0.3, 0.4) is 0 Å². The van der Waals surface area contributed by atoms with Gasteiger partial charge in [-0.05, 0) is 24.6 Å². The average molecular weight is 328 g/mol. The third kappa shape index (κ3) is 4.63. The van der Waals surface area contributed by atoms with Crippen LogP contribution in [0.4, 0.5) is 0 Å². The van der Waals surface area contributed by atoms with Crippen LogP contribution in [0.5, 0.6) is 0 Å². The number of rotatable bonds is 7. The van der Waals surface area contributed by atoms with Crippen LogP contribution in [-0.2, 0) is 20.8 Å². The number of nitrogens with one attached hydrogen (secondary N) is 1. The molecule has 0 bridgehead atoms. The highest BCUT2D eigenvalue weighted by Gasteiger charge is 2.20. The number of ether oxygens (including phenoxy) is 2. The van der Waals surface area contributed by atoms with Gasteiger partial charge in [0.25, 0.3) is 5.91 Å². The number of aromatic nitrogens is 1. The molecule has 1 atom stereocenters. The minimum absolute atomic E-state index is 0.234. The number of hydrogen-bond donors (Lipinski definition) is 1. The molecule has 0 aliphatic carbocycles. The van der Waals surface area contributed by atoms with Gasteiger partial charge in [0.05, 0.1) is 24.9 Å². The lowest BCUT2D eigenvalue weighted by Crippen LogP contribution is -2.30. The van der Waals surface area contributed by atoms with Crippen molar-refractivity contribution < 1.29 is 19.1 Å². The number of methoxy groups -OCH3 is 1. The maximum absolute atomic E-state index is 12.4. The molecule has 6 heteroatoms. The number of esters is 1. The maximum atomic E-state index is 12.4. The Kier molecular flexibility index (Phi) is 6.45. The summed E-state index contributed by atoms with van der Waals surface area (Å²) < 4.78 is 10.2. The fourth-order valence-corrected chi connectivity index (χ4v) is 2.16. The van der Waals surface area contributed by atoms with Crippen LogP contribution in [0.15, 0.2) is 48.7 Å². The molecule has 1 amide bonds. The van der Waals surface area contributed by atoms with E-state index < -0.39 is 12.1 Å². The van der Waals surface area contributed by atoms with Crippen LogP contribution in [0.25, 0.3) is 0 Å². The van der Waals surface area contributed by atoms with E-state index in [-0.39, 0.29) is 12.5 Å². The number of carbonyl (C=O) groups excluding carboxylic acids is 2. The molecule has 1 heterocycles. The molecule has 0 saturated heterocycles. The van der Waals surface area contributed by atoms with E-state index in [4.69, 9.17) is 4.74 Å². The van der Waals surface area contributed by atoms with Gasteiger partial charge in [-0.15, -0.1) is 0 Å². The quantitative estimate of drug-likeness (QED) is 0.789. The molecule has 0 aliphatic rings. The van der Waals surface area contributed by atoms with E-state index in [9.17, 15) is 9.59 Å². The molecular formula is C18H20N2O4. The van der Waals surface area contributed by atoms with Gasteiger partial charge < -0.3 is 14.8 Å².